The lowest BCUT2D eigenvalue weighted by Gasteiger charge is -2.11. The van der Waals surface area contributed by atoms with Gasteiger partial charge in [0.1, 0.15) is 0 Å². The van der Waals surface area contributed by atoms with Gasteiger partial charge in [0.05, 0.1) is 24.9 Å². The van der Waals surface area contributed by atoms with Gasteiger partial charge in [-0.25, -0.2) is 10.2 Å². The van der Waals surface area contributed by atoms with Gasteiger partial charge in [-0.2, -0.15) is 5.10 Å². The Kier molecular flexibility index (Phi) is 8.23. The molecule has 0 saturated heterocycles. The zero-order valence-electron chi connectivity index (χ0n) is 20.1. The summed E-state index contributed by atoms with van der Waals surface area (Å²) in [5, 5.41) is 8.30. The van der Waals surface area contributed by atoms with Crippen molar-refractivity contribution in [2.45, 2.75) is 6.92 Å². The van der Waals surface area contributed by atoms with Crippen LogP contribution in [0.15, 0.2) is 96.1 Å². The maximum Gasteiger partial charge on any atom is 0.343 e. The average molecular weight is 496 g/mol. The van der Waals surface area contributed by atoms with Crippen molar-refractivity contribution in [2.75, 3.05) is 13.2 Å². The number of hydrazone groups is 1. The third-order valence-corrected chi connectivity index (χ3v) is 5.33. The molecule has 0 heterocycles. The van der Waals surface area contributed by atoms with Gasteiger partial charge in [-0.05, 0) is 59.7 Å². The first-order chi connectivity index (χ1) is 18.0. The van der Waals surface area contributed by atoms with Gasteiger partial charge >= 0.3 is 5.97 Å². The van der Waals surface area contributed by atoms with E-state index < -0.39 is 11.9 Å². The first kappa shape index (κ1) is 25.1. The van der Waals surface area contributed by atoms with E-state index in [0.29, 0.717) is 29.0 Å². The number of rotatable bonds is 9. The molecule has 0 atom stereocenters. The van der Waals surface area contributed by atoms with Crippen molar-refractivity contribution in [2.24, 2.45) is 5.10 Å². The van der Waals surface area contributed by atoms with E-state index in [0.717, 1.165) is 10.8 Å². The zero-order valence-corrected chi connectivity index (χ0v) is 20.1. The summed E-state index contributed by atoms with van der Waals surface area (Å²) in [5.41, 5.74) is 3.91. The Labute approximate surface area is 213 Å². The highest BCUT2D eigenvalue weighted by molar-refractivity contribution is 6.07. The van der Waals surface area contributed by atoms with Crippen LogP contribution in [0.5, 0.6) is 11.5 Å². The molecule has 0 aliphatic heterocycles. The minimum Gasteiger partial charge on any atom is -0.490 e. The van der Waals surface area contributed by atoms with Gasteiger partial charge < -0.3 is 14.8 Å². The van der Waals surface area contributed by atoms with Crippen LogP contribution in [0, 0.1) is 0 Å². The summed E-state index contributed by atoms with van der Waals surface area (Å²) in [4.78, 5) is 37.2. The largest absolute Gasteiger partial charge is 0.490 e. The number of hydrogen-bond acceptors (Lipinski definition) is 6. The molecule has 186 valence electrons. The predicted molar refractivity (Wildman–Crippen MR) is 141 cm³/mol. The zero-order chi connectivity index (χ0) is 26.0. The van der Waals surface area contributed by atoms with Crippen LogP contribution < -0.4 is 20.2 Å². The van der Waals surface area contributed by atoms with E-state index in [1.165, 1.54) is 6.21 Å². The van der Waals surface area contributed by atoms with Crippen LogP contribution in [-0.4, -0.2) is 37.1 Å². The Morgan fingerprint density at radius 3 is 2.43 bits per heavy atom. The number of carbonyl (C=O) groups is 3. The predicted octanol–water partition coefficient (Wildman–Crippen LogP) is 4.34. The molecule has 2 N–H and O–H groups in total. The Balaban J connectivity index is 1.34. The standard InChI is InChI=1S/C29H25N3O5/c1-2-36-26-17-20(15-16-25(26)37-29(35)22-10-4-3-5-11-22)18-31-32-27(33)19-30-28(34)24-14-8-12-21-9-6-7-13-23(21)24/h3-18H,2,19H2,1H3,(H,30,34)(H,32,33)/b31-18-. The summed E-state index contributed by atoms with van der Waals surface area (Å²) in [6.07, 6.45) is 1.43. The number of benzene rings is 4. The first-order valence-electron chi connectivity index (χ1n) is 11.7. The molecule has 0 fully saturated rings. The fraction of sp³-hybridized carbons (Fsp3) is 0.103. The lowest BCUT2D eigenvalue weighted by molar-refractivity contribution is -0.120. The maximum absolute atomic E-state index is 12.6. The molecule has 37 heavy (non-hydrogen) atoms. The number of amides is 2. The monoisotopic (exact) mass is 495 g/mol. The highest BCUT2D eigenvalue weighted by Crippen LogP contribution is 2.29. The molecule has 4 aromatic rings. The van der Waals surface area contributed by atoms with Crippen molar-refractivity contribution in [3.8, 4) is 11.5 Å². The summed E-state index contributed by atoms with van der Waals surface area (Å²) in [6.45, 7) is 1.94. The Bertz CT molecular complexity index is 1450. The van der Waals surface area contributed by atoms with E-state index in [-0.39, 0.29) is 18.2 Å². The average Bonchev–Trinajstić information content (AvgIpc) is 2.93. The Morgan fingerprint density at radius 1 is 0.865 bits per heavy atom. The van der Waals surface area contributed by atoms with E-state index in [2.05, 4.69) is 15.8 Å². The summed E-state index contributed by atoms with van der Waals surface area (Å²) in [5.74, 6) is -0.695. The van der Waals surface area contributed by atoms with Crippen molar-refractivity contribution >= 4 is 34.8 Å². The third-order valence-electron chi connectivity index (χ3n) is 5.33. The molecule has 0 aromatic heterocycles. The molecule has 0 aliphatic rings. The number of fused-ring (bicyclic) bond motifs is 1. The number of ether oxygens (including phenoxy) is 2. The van der Waals surface area contributed by atoms with Gasteiger partial charge in [0.15, 0.2) is 11.5 Å². The fourth-order valence-corrected chi connectivity index (χ4v) is 3.59. The number of hydrogen-bond donors (Lipinski definition) is 2. The number of carbonyl (C=O) groups excluding carboxylic acids is 3. The fourth-order valence-electron chi connectivity index (χ4n) is 3.59. The normalized spacial score (nSPS) is 10.7. The van der Waals surface area contributed by atoms with Crippen LogP contribution in [0.1, 0.15) is 33.2 Å². The maximum atomic E-state index is 12.6. The van der Waals surface area contributed by atoms with E-state index in [1.54, 1.807) is 54.6 Å². The van der Waals surface area contributed by atoms with Crippen LogP contribution in [0.25, 0.3) is 10.8 Å². The van der Waals surface area contributed by atoms with E-state index in [4.69, 9.17) is 9.47 Å². The molecule has 4 rings (SSSR count). The molecular weight excluding hydrogens is 470 g/mol. The molecular formula is C29H25N3O5. The molecule has 0 unspecified atom stereocenters. The Morgan fingerprint density at radius 2 is 1.62 bits per heavy atom. The van der Waals surface area contributed by atoms with Crippen molar-refractivity contribution in [1.82, 2.24) is 10.7 Å². The first-order valence-corrected chi connectivity index (χ1v) is 11.7. The van der Waals surface area contributed by atoms with Gasteiger partial charge in [0.2, 0.25) is 0 Å². The second-order valence-electron chi connectivity index (χ2n) is 7.90. The molecule has 2 amide bonds. The molecule has 0 bridgehead atoms. The topological polar surface area (TPSA) is 106 Å². The molecule has 0 saturated carbocycles. The minimum atomic E-state index is -0.499. The molecule has 4 aromatic carbocycles. The molecule has 0 spiro atoms. The molecule has 8 heteroatoms. The molecule has 0 aliphatic carbocycles. The minimum absolute atomic E-state index is 0.238. The number of nitrogens with zero attached hydrogens (tertiary/aromatic N) is 1. The number of nitrogens with one attached hydrogen (secondary N) is 2. The van der Waals surface area contributed by atoms with Gasteiger partial charge in [-0.3, -0.25) is 9.59 Å². The highest BCUT2D eigenvalue weighted by Gasteiger charge is 2.13. The summed E-state index contributed by atoms with van der Waals surface area (Å²) >= 11 is 0. The van der Waals surface area contributed by atoms with Crippen LogP contribution in [0.2, 0.25) is 0 Å². The Hall–Kier alpha value is -4.98. The lowest BCUT2D eigenvalue weighted by Crippen LogP contribution is -2.35. The SMILES string of the molecule is CCOc1cc(/C=N\NC(=O)CNC(=O)c2cccc3ccccc23)ccc1OC(=O)c1ccccc1. The molecule has 8 nitrogen and oxygen atoms in total. The van der Waals surface area contributed by atoms with Gasteiger partial charge in [-0.15, -0.1) is 0 Å². The van der Waals surface area contributed by atoms with Gasteiger partial charge in [-0.1, -0.05) is 54.6 Å². The van der Waals surface area contributed by atoms with Gasteiger partial charge in [0.25, 0.3) is 11.8 Å². The lowest BCUT2D eigenvalue weighted by atomic mass is 10.0. The second kappa shape index (κ2) is 12.1. The van der Waals surface area contributed by atoms with Crippen molar-refractivity contribution < 1.29 is 23.9 Å². The highest BCUT2D eigenvalue weighted by atomic mass is 16.6. The van der Waals surface area contributed by atoms with Crippen molar-refractivity contribution in [1.29, 1.82) is 0 Å². The van der Waals surface area contributed by atoms with Crippen LogP contribution >= 0.6 is 0 Å². The quantitative estimate of drug-likeness (QED) is 0.156. The second-order valence-corrected chi connectivity index (χ2v) is 7.90. The molecule has 0 radical (unpaired) electrons. The summed E-state index contributed by atoms with van der Waals surface area (Å²) < 4.78 is 11.1. The van der Waals surface area contributed by atoms with Crippen molar-refractivity contribution in [3.63, 3.8) is 0 Å². The van der Waals surface area contributed by atoms with E-state index >= 15 is 0 Å². The van der Waals surface area contributed by atoms with Crippen LogP contribution in [0.3, 0.4) is 0 Å². The van der Waals surface area contributed by atoms with Crippen molar-refractivity contribution in [3.05, 3.63) is 108 Å². The van der Waals surface area contributed by atoms with E-state index in [1.807, 2.05) is 43.3 Å². The van der Waals surface area contributed by atoms with Crippen LogP contribution in [-0.2, 0) is 4.79 Å². The number of esters is 1. The summed E-state index contributed by atoms with van der Waals surface area (Å²) in [7, 11) is 0. The van der Waals surface area contributed by atoms with Crippen LogP contribution in [0.4, 0.5) is 0 Å². The smallest absolute Gasteiger partial charge is 0.343 e. The van der Waals surface area contributed by atoms with E-state index in [9.17, 15) is 14.4 Å². The summed E-state index contributed by atoms with van der Waals surface area (Å²) in [6, 6.07) is 26.5. The third kappa shape index (κ3) is 6.58. The van der Waals surface area contributed by atoms with Gasteiger partial charge in [0, 0.05) is 5.56 Å².